The van der Waals surface area contributed by atoms with Gasteiger partial charge in [0.25, 0.3) is 21.5 Å². The quantitative estimate of drug-likeness (QED) is 0.446. The molecule has 3 aromatic carbocycles. The third-order valence-corrected chi connectivity index (χ3v) is 6.41. The fourth-order valence-electron chi connectivity index (χ4n) is 3.22. The predicted octanol–water partition coefficient (Wildman–Crippen LogP) is 3.78. The van der Waals surface area contributed by atoms with Crippen LogP contribution >= 0.6 is 11.6 Å². The molecule has 2 N–H and O–H groups in total. The maximum absolute atomic E-state index is 14.1. The average Bonchev–Trinajstić information content (AvgIpc) is 2.78. The second-order valence-electron chi connectivity index (χ2n) is 7.00. The minimum Gasteiger partial charge on any atom is -0.319 e. The van der Waals surface area contributed by atoms with Crippen molar-refractivity contribution in [1.82, 2.24) is 9.78 Å². The summed E-state index contributed by atoms with van der Waals surface area (Å²) in [6.45, 7) is 0. The van der Waals surface area contributed by atoms with E-state index in [1.54, 1.807) is 24.3 Å². The van der Waals surface area contributed by atoms with Crippen molar-refractivity contribution in [3.63, 3.8) is 0 Å². The monoisotopic (exact) mass is 486 g/mol. The minimum absolute atomic E-state index is 0.0205. The molecule has 168 valence electrons. The molecule has 0 saturated carbocycles. The average molecular weight is 487 g/mol. The molecule has 0 unspecified atom stereocenters. The lowest BCUT2D eigenvalue weighted by Crippen LogP contribution is -2.25. The van der Waals surface area contributed by atoms with Gasteiger partial charge < -0.3 is 5.32 Å². The molecule has 0 aliphatic rings. The van der Waals surface area contributed by atoms with E-state index in [4.69, 9.17) is 11.6 Å². The SMILES string of the molecule is Cn1nc(C(=O)Nc2cc(Cl)ccc2NS(=O)(=O)c2ccccc2F)c2ccccc2c1=O. The number of carbonyl (C=O) groups is 1. The Balaban J connectivity index is 1.74. The van der Waals surface area contributed by atoms with Crippen molar-refractivity contribution < 1.29 is 17.6 Å². The van der Waals surface area contributed by atoms with Crippen LogP contribution in [0.3, 0.4) is 0 Å². The largest absolute Gasteiger partial charge is 0.319 e. The van der Waals surface area contributed by atoms with Gasteiger partial charge in [-0.2, -0.15) is 5.10 Å². The molecule has 33 heavy (non-hydrogen) atoms. The number of amides is 1. The lowest BCUT2D eigenvalue weighted by Gasteiger charge is -2.15. The Morgan fingerprint density at radius 2 is 1.67 bits per heavy atom. The number of benzene rings is 3. The predicted molar refractivity (Wildman–Crippen MR) is 124 cm³/mol. The number of halogens is 2. The van der Waals surface area contributed by atoms with E-state index in [-0.39, 0.29) is 27.7 Å². The first-order chi connectivity index (χ1) is 15.7. The second-order valence-corrected chi connectivity index (χ2v) is 9.09. The van der Waals surface area contributed by atoms with E-state index in [2.05, 4.69) is 15.1 Å². The summed E-state index contributed by atoms with van der Waals surface area (Å²) in [5.74, 6) is -1.62. The summed E-state index contributed by atoms with van der Waals surface area (Å²) in [5, 5.41) is 7.47. The summed E-state index contributed by atoms with van der Waals surface area (Å²) in [6.07, 6.45) is 0. The number of rotatable bonds is 5. The Morgan fingerprint density at radius 1 is 1.00 bits per heavy atom. The number of aromatic nitrogens is 2. The Hall–Kier alpha value is -3.76. The number of hydrogen-bond acceptors (Lipinski definition) is 5. The van der Waals surface area contributed by atoms with E-state index in [1.165, 1.54) is 37.4 Å². The maximum atomic E-state index is 14.1. The molecule has 1 aromatic heterocycles. The molecule has 0 aliphatic carbocycles. The zero-order chi connectivity index (χ0) is 23.8. The topological polar surface area (TPSA) is 110 Å². The first-order valence-electron chi connectivity index (χ1n) is 9.51. The number of fused-ring (bicyclic) bond motifs is 1. The molecular formula is C22H16ClFN4O4S. The third-order valence-electron chi connectivity index (χ3n) is 4.77. The molecule has 0 radical (unpaired) electrons. The Morgan fingerprint density at radius 3 is 2.39 bits per heavy atom. The van der Waals surface area contributed by atoms with Crippen LogP contribution in [-0.4, -0.2) is 24.1 Å². The van der Waals surface area contributed by atoms with Gasteiger partial charge in [0.15, 0.2) is 5.69 Å². The van der Waals surface area contributed by atoms with Crippen LogP contribution in [0.15, 0.2) is 76.4 Å². The molecule has 11 heteroatoms. The number of carbonyl (C=O) groups excluding carboxylic acids is 1. The van der Waals surface area contributed by atoms with E-state index in [9.17, 15) is 22.4 Å². The molecule has 8 nitrogen and oxygen atoms in total. The van der Waals surface area contributed by atoms with E-state index >= 15 is 0 Å². The van der Waals surface area contributed by atoms with Gasteiger partial charge in [0, 0.05) is 17.5 Å². The number of anilines is 2. The van der Waals surface area contributed by atoms with Crippen molar-refractivity contribution in [3.05, 3.63) is 93.6 Å². The van der Waals surface area contributed by atoms with Crippen LogP contribution in [0.2, 0.25) is 5.02 Å². The van der Waals surface area contributed by atoms with E-state index in [1.807, 2.05) is 0 Å². The first kappa shape index (κ1) is 22.4. The van der Waals surface area contributed by atoms with Crippen molar-refractivity contribution in [2.45, 2.75) is 4.90 Å². The molecule has 1 amide bonds. The van der Waals surface area contributed by atoms with Crippen molar-refractivity contribution in [2.75, 3.05) is 10.0 Å². The molecule has 0 spiro atoms. The first-order valence-corrected chi connectivity index (χ1v) is 11.4. The van der Waals surface area contributed by atoms with Crippen molar-refractivity contribution in [2.24, 2.45) is 7.05 Å². The molecule has 0 atom stereocenters. The highest BCUT2D eigenvalue weighted by Crippen LogP contribution is 2.29. The molecule has 0 saturated heterocycles. The van der Waals surface area contributed by atoms with Crippen LogP contribution in [0.4, 0.5) is 15.8 Å². The summed E-state index contributed by atoms with van der Waals surface area (Å²) in [7, 11) is -2.89. The van der Waals surface area contributed by atoms with Gasteiger partial charge in [-0.15, -0.1) is 0 Å². The maximum Gasteiger partial charge on any atom is 0.276 e. The smallest absolute Gasteiger partial charge is 0.276 e. The van der Waals surface area contributed by atoms with E-state index in [0.717, 1.165) is 16.8 Å². The fourth-order valence-corrected chi connectivity index (χ4v) is 4.55. The van der Waals surface area contributed by atoms with Crippen LogP contribution in [0, 0.1) is 5.82 Å². The van der Waals surface area contributed by atoms with Crippen molar-refractivity contribution in [3.8, 4) is 0 Å². The lowest BCUT2D eigenvalue weighted by molar-refractivity contribution is 0.102. The van der Waals surface area contributed by atoms with Gasteiger partial charge in [0.05, 0.1) is 16.8 Å². The number of nitrogens with zero attached hydrogens (tertiary/aromatic N) is 2. The van der Waals surface area contributed by atoms with Crippen molar-refractivity contribution in [1.29, 1.82) is 0 Å². The van der Waals surface area contributed by atoms with Crippen LogP contribution in [0.1, 0.15) is 10.5 Å². The van der Waals surface area contributed by atoms with Gasteiger partial charge in [-0.1, -0.05) is 41.9 Å². The number of hydrogen-bond donors (Lipinski definition) is 2. The zero-order valence-corrected chi connectivity index (χ0v) is 18.6. The zero-order valence-electron chi connectivity index (χ0n) is 17.0. The van der Waals surface area contributed by atoms with Crippen LogP contribution in [0.25, 0.3) is 10.8 Å². The highest BCUT2D eigenvalue weighted by molar-refractivity contribution is 7.92. The van der Waals surface area contributed by atoms with Crippen LogP contribution in [0.5, 0.6) is 0 Å². The molecule has 0 fully saturated rings. The van der Waals surface area contributed by atoms with Gasteiger partial charge in [-0.25, -0.2) is 17.5 Å². The molecule has 4 aromatic rings. The molecular weight excluding hydrogens is 471 g/mol. The van der Waals surface area contributed by atoms with Gasteiger partial charge in [0.2, 0.25) is 0 Å². The Bertz CT molecular complexity index is 1570. The van der Waals surface area contributed by atoms with E-state index in [0.29, 0.717) is 10.8 Å². The summed E-state index contributed by atoms with van der Waals surface area (Å²) in [4.78, 5) is 24.8. The third kappa shape index (κ3) is 4.43. The van der Waals surface area contributed by atoms with Crippen LogP contribution < -0.4 is 15.6 Å². The molecule has 1 heterocycles. The normalized spacial score (nSPS) is 11.4. The number of sulfonamides is 1. The van der Waals surface area contributed by atoms with Crippen LogP contribution in [-0.2, 0) is 17.1 Å². The Kier molecular flexibility index (Phi) is 5.88. The lowest BCUT2D eigenvalue weighted by atomic mass is 10.1. The molecule has 0 bridgehead atoms. The van der Waals surface area contributed by atoms with Gasteiger partial charge in [-0.05, 0) is 36.4 Å². The summed E-state index contributed by atoms with van der Waals surface area (Å²) >= 11 is 6.05. The van der Waals surface area contributed by atoms with Crippen molar-refractivity contribution >= 4 is 49.7 Å². The highest BCUT2D eigenvalue weighted by atomic mass is 35.5. The summed E-state index contributed by atoms with van der Waals surface area (Å²) in [6, 6.07) is 15.5. The van der Waals surface area contributed by atoms with Gasteiger partial charge in [-0.3, -0.25) is 14.3 Å². The number of nitrogens with one attached hydrogen (secondary N) is 2. The Labute approximate surface area is 192 Å². The van der Waals surface area contributed by atoms with Gasteiger partial charge in [0.1, 0.15) is 10.7 Å². The fraction of sp³-hybridized carbons (Fsp3) is 0.0455. The second kappa shape index (κ2) is 8.64. The highest BCUT2D eigenvalue weighted by Gasteiger charge is 2.22. The summed E-state index contributed by atoms with van der Waals surface area (Å²) in [5.41, 5.74) is -0.434. The summed E-state index contributed by atoms with van der Waals surface area (Å²) < 4.78 is 42.8. The number of aryl methyl sites for hydroxylation is 1. The molecule has 4 rings (SSSR count). The minimum atomic E-state index is -4.31. The van der Waals surface area contributed by atoms with Gasteiger partial charge >= 0.3 is 0 Å². The van der Waals surface area contributed by atoms with E-state index < -0.39 is 26.6 Å². The standard InChI is InChI=1S/C22H16ClFN4O4S/c1-28-22(30)15-7-3-2-6-14(15)20(26-28)21(29)25-18-12-13(23)10-11-17(18)27-33(31,32)19-9-5-4-8-16(19)24/h2-12,27H,1H3,(H,25,29). The molecule has 0 aliphatic heterocycles.